The molecular formula is C28H32ClN3O4. The summed E-state index contributed by atoms with van der Waals surface area (Å²) in [6.07, 6.45) is 15.0. The molecule has 3 heterocycles. The first kappa shape index (κ1) is 24.8. The summed E-state index contributed by atoms with van der Waals surface area (Å²) in [5, 5.41) is 7.48. The van der Waals surface area contributed by atoms with Crippen LogP contribution in [-0.2, 0) is 31.3 Å². The highest BCUT2D eigenvalue weighted by Gasteiger charge is 2.46. The number of hydrogen-bond donors (Lipinski definition) is 2. The summed E-state index contributed by atoms with van der Waals surface area (Å²) < 4.78 is 11.6. The topological polar surface area (TPSA) is 89.6 Å². The zero-order valence-corrected chi connectivity index (χ0v) is 21.1. The van der Waals surface area contributed by atoms with Crippen LogP contribution < -0.4 is 10.6 Å². The minimum atomic E-state index is -1.51. The van der Waals surface area contributed by atoms with Crippen molar-refractivity contribution in [1.29, 1.82) is 0 Å². The number of halogens is 1. The Bertz CT molecular complexity index is 1110. The molecule has 1 aliphatic carbocycles. The van der Waals surface area contributed by atoms with Gasteiger partial charge in [-0.2, -0.15) is 0 Å². The number of pyridine rings is 1. The summed E-state index contributed by atoms with van der Waals surface area (Å²) in [5.41, 5.74) is 3.28. The number of hydrogen-bond acceptors (Lipinski definition) is 7. The number of nitrogens with one attached hydrogen (secondary N) is 2. The van der Waals surface area contributed by atoms with E-state index in [-0.39, 0.29) is 25.4 Å². The third kappa shape index (κ3) is 5.42. The van der Waals surface area contributed by atoms with Gasteiger partial charge in [0.1, 0.15) is 0 Å². The zero-order chi connectivity index (χ0) is 25.0. The highest BCUT2D eigenvalue weighted by Crippen LogP contribution is 2.41. The fourth-order valence-electron chi connectivity index (χ4n) is 5.38. The van der Waals surface area contributed by atoms with Crippen molar-refractivity contribution in [3.8, 4) is 0 Å². The van der Waals surface area contributed by atoms with Crippen LogP contribution in [0.15, 0.2) is 48.8 Å². The van der Waals surface area contributed by atoms with E-state index < -0.39 is 17.7 Å². The lowest BCUT2D eigenvalue weighted by atomic mass is 9.88. The molecule has 0 bridgehead atoms. The summed E-state index contributed by atoms with van der Waals surface area (Å²) in [6, 6.07) is 7.39. The van der Waals surface area contributed by atoms with Gasteiger partial charge in [0.15, 0.2) is 0 Å². The van der Waals surface area contributed by atoms with Gasteiger partial charge in [-0.25, -0.2) is 0 Å². The number of allylic oxidation sites excluding steroid dienone is 1. The average molecular weight is 510 g/mol. The monoisotopic (exact) mass is 509 g/mol. The SMILES string of the molecule is O=C1CCC(=O)OC2(CNCCc3c2ccc(Cl)c3NC(/C=C/C2CCCCC2)c2cccnc2)O1. The summed E-state index contributed by atoms with van der Waals surface area (Å²) >= 11 is 6.77. The Labute approximate surface area is 216 Å². The molecule has 0 radical (unpaired) electrons. The van der Waals surface area contributed by atoms with E-state index in [9.17, 15) is 9.59 Å². The number of ether oxygens (including phenoxy) is 2. The molecule has 8 heteroatoms. The molecule has 2 N–H and O–H groups in total. The first-order valence-corrected chi connectivity index (χ1v) is 13.2. The minimum Gasteiger partial charge on any atom is -0.416 e. The second-order valence-electron chi connectivity index (χ2n) is 9.77. The average Bonchev–Trinajstić information content (AvgIpc) is 3.16. The molecule has 1 saturated carbocycles. The van der Waals surface area contributed by atoms with Crippen LogP contribution >= 0.6 is 11.6 Å². The van der Waals surface area contributed by atoms with Gasteiger partial charge in [-0.3, -0.25) is 14.6 Å². The van der Waals surface area contributed by atoms with Crippen LogP contribution in [0.1, 0.15) is 67.7 Å². The lowest BCUT2D eigenvalue weighted by molar-refractivity contribution is -0.225. The van der Waals surface area contributed by atoms with Gasteiger partial charge in [0.2, 0.25) is 0 Å². The van der Waals surface area contributed by atoms with E-state index in [0.717, 1.165) is 16.8 Å². The third-order valence-electron chi connectivity index (χ3n) is 7.24. The molecule has 1 aromatic heterocycles. The molecule has 2 fully saturated rings. The Hall–Kier alpha value is -2.90. The van der Waals surface area contributed by atoms with Gasteiger partial charge in [0.05, 0.1) is 36.1 Å². The lowest BCUT2D eigenvalue weighted by Crippen LogP contribution is -2.43. The Kier molecular flexibility index (Phi) is 7.58. The number of fused-ring (bicyclic) bond motifs is 2. The Morgan fingerprint density at radius 3 is 2.58 bits per heavy atom. The molecule has 36 heavy (non-hydrogen) atoms. The molecule has 0 amide bonds. The number of esters is 2. The second kappa shape index (κ2) is 11.0. The van der Waals surface area contributed by atoms with E-state index in [4.69, 9.17) is 21.1 Å². The number of anilines is 1. The normalized spacial score (nSPS) is 21.2. The predicted molar refractivity (Wildman–Crippen MR) is 137 cm³/mol. The van der Waals surface area contributed by atoms with Gasteiger partial charge in [0.25, 0.3) is 5.79 Å². The summed E-state index contributed by atoms with van der Waals surface area (Å²) in [7, 11) is 0. The van der Waals surface area contributed by atoms with Crippen LogP contribution in [0.2, 0.25) is 5.02 Å². The molecule has 1 spiro atoms. The standard InChI is InChI=1S/C28H32ClN3O4/c29-23-10-9-22-21(14-16-31-18-28(22)35-25(33)12-13-26(34)36-28)27(23)32-24(20-7-4-15-30-17-20)11-8-19-5-2-1-3-6-19/h4,7-11,15,17,19,24,31-32H,1-3,5-6,12-14,16,18H2/b11-8+. The highest BCUT2D eigenvalue weighted by molar-refractivity contribution is 6.33. The highest BCUT2D eigenvalue weighted by atomic mass is 35.5. The molecular weight excluding hydrogens is 478 g/mol. The Morgan fingerprint density at radius 2 is 1.86 bits per heavy atom. The van der Waals surface area contributed by atoms with E-state index >= 15 is 0 Å². The van der Waals surface area contributed by atoms with Gasteiger partial charge < -0.3 is 20.1 Å². The molecule has 2 aliphatic heterocycles. The van der Waals surface area contributed by atoms with Gasteiger partial charge in [-0.1, -0.05) is 49.1 Å². The quantitative estimate of drug-likeness (QED) is 0.422. The van der Waals surface area contributed by atoms with Crippen molar-refractivity contribution < 1.29 is 19.1 Å². The van der Waals surface area contributed by atoms with Crippen molar-refractivity contribution >= 4 is 29.2 Å². The van der Waals surface area contributed by atoms with Gasteiger partial charge in [-0.15, -0.1) is 0 Å². The number of rotatable bonds is 5. The van der Waals surface area contributed by atoms with Crippen LogP contribution in [0.5, 0.6) is 0 Å². The summed E-state index contributed by atoms with van der Waals surface area (Å²) in [5.74, 6) is -1.85. The number of carbonyl (C=O) groups is 2. The first-order valence-electron chi connectivity index (χ1n) is 12.8. The molecule has 1 unspecified atom stereocenters. The predicted octanol–water partition coefficient (Wildman–Crippen LogP) is 5.20. The molecule has 1 atom stereocenters. The van der Waals surface area contributed by atoms with Crippen molar-refractivity contribution in [3.63, 3.8) is 0 Å². The molecule has 3 aliphatic rings. The van der Waals surface area contributed by atoms with Crippen molar-refractivity contribution in [2.75, 3.05) is 18.4 Å². The molecule has 7 nitrogen and oxygen atoms in total. The van der Waals surface area contributed by atoms with Crippen LogP contribution in [0.25, 0.3) is 0 Å². The van der Waals surface area contributed by atoms with Gasteiger partial charge >= 0.3 is 11.9 Å². The van der Waals surface area contributed by atoms with Crippen molar-refractivity contribution in [2.24, 2.45) is 5.92 Å². The van der Waals surface area contributed by atoms with Crippen LogP contribution in [0.4, 0.5) is 5.69 Å². The fraction of sp³-hybridized carbons (Fsp3) is 0.464. The second-order valence-corrected chi connectivity index (χ2v) is 10.2. The van der Waals surface area contributed by atoms with E-state index in [1.54, 1.807) is 18.3 Å². The van der Waals surface area contributed by atoms with E-state index in [2.05, 4.69) is 27.8 Å². The number of aromatic nitrogens is 1. The number of benzene rings is 1. The first-order chi connectivity index (χ1) is 17.5. The molecule has 1 aromatic carbocycles. The molecule has 190 valence electrons. The lowest BCUT2D eigenvalue weighted by Gasteiger charge is -2.32. The van der Waals surface area contributed by atoms with Crippen molar-refractivity contribution in [2.45, 2.75) is 63.2 Å². The largest absolute Gasteiger partial charge is 0.416 e. The summed E-state index contributed by atoms with van der Waals surface area (Å²) in [6.45, 7) is 0.806. The van der Waals surface area contributed by atoms with Crippen LogP contribution in [-0.4, -0.2) is 30.0 Å². The molecule has 1 saturated heterocycles. The maximum absolute atomic E-state index is 12.4. The third-order valence-corrected chi connectivity index (χ3v) is 7.56. The Morgan fingerprint density at radius 1 is 1.08 bits per heavy atom. The van der Waals surface area contributed by atoms with E-state index in [1.807, 2.05) is 18.3 Å². The van der Waals surface area contributed by atoms with E-state index in [1.165, 1.54) is 32.1 Å². The smallest absolute Gasteiger partial charge is 0.309 e. The molecule has 5 rings (SSSR count). The fourth-order valence-corrected chi connectivity index (χ4v) is 5.61. The number of nitrogens with zero attached hydrogens (tertiary/aromatic N) is 1. The summed E-state index contributed by atoms with van der Waals surface area (Å²) in [4.78, 5) is 29.2. The van der Waals surface area contributed by atoms with Gasteiger partial charge in [0, 0.05) is 18.0 Å². The van der Waals surface area contributed by atoms with Crippen molar-refractivity contribution in [3.05, 3.63) is 70.5 Å². The van der Waals surface area contributed by atoms with E-state index in [0.29, 0.717) is 29.5 Å². The maximum Gasteiger partial charge on any atom is 0.309 e. The maximum atomic E-state index is 12.4. The number of carbonyl (C=O) groups excluding carboxylic acids is 2. The minimum absolute atomic E-state index is 0.00363. The van der Waals surface area contributed by atoms with Crippen molar-refractivity contribution in [1.82, 2.24) is 10.3 Å². The zero-order valence-electron chi connectivity index (χ0n) is 20.3. The van der Waals surface area contributed by atoms with Crippen LogP contribution in [0, 0.1) is 5.92 Å². The van der Waals surface area contributed by atoms with Crippen LogP contribution in [0.3, 0.4) is 0 Å². The van der Waals surface area contributed by atoms with Gasteiger partial charge in [-0.05, 0) is 61.1 Å². The Balaban J connectivity index is 1.54. The molecule has 2 aromatic rings.